The number of piperidine rings is 1. The monoisotopic (exact) mass is 558 g/mol. The highest BCUT2D eigenvalue weighted by Crippen LogP contribution is 2.31. The minimum absolute atomic E-state index is 0.0146. The van der Waals surface area contributed by atoms with Gasteiger partial charge in [-0.15, -0.1) is 0 Å². The van der Waals surface area contributed by atoms with Crippen molar-refractivity contribution in [2.75, 3.05) is 17.8 Å². The normalized spacial score (nSPS) is 14.9. The number of aromatic nitrogens is 2. The molecule has 1 amide bonds. The van der Waals surface area contributed by atoms with Gasteiger partial charge in [0.25, 0.3) is 15.9 Å². The van der Waals surface area contributed by atoms with Crippen LogP contribution in [0.25, 0.3) is 11.0 Å². The molecule has 0 aliphatic carbocycles. The van der Waals surface area contributed by atoms with Gasteiger partial charge >= 0.3 is 0 Å². The number of benzene rings is 2. The smallest absolute Gasteiger partial charge is 0.264 e. The number of rotatable bonds is 4. The van der Waals surface area contributed by atoms with Crippen LogP contribution in [0.1, 0.15) is 29.6 Å². The molecular formula is C18H16Br2N4O3S2. The van der Waals surface area contributed by atoms with E-state index in [9.17, 15) is 13.2 Å². The van der Waals surface area contributed by atoms with Crippen LogP contribution in [0.3, 0.4) is 0 Å². The van der Waals surface area contributed by atoms with Gasteiger partial charge in [0.15, 0.2) is 0 Å². The van der Waals surface area contributed by atoms with E-state index in [-0.39, 0.29) is 22.0 Å². The van der Waals surface area contributed by atoms with Crippen molar-refractivity contribution >= 4 is 76.2 Å². The fourth-order valence-corrected chi connectivity index (χ4v) is 6.02. The van der Waals surface area contributed by atoms with E-state index in [1.54, 1.807) is 29.2 Å². The van der Waals surface area contributed by atoms with E-state index in [0.29, 0.717) is 33.1 Å². The number of nitrogens with zero attached hydrogens (tertiary/aromatic N) is 3. The molecule has 2 heterocycles. The molecule has 1 aromatic heterocycles. The van der Waals surface area contributed by atoms with Gasteiger partial charge in [0, 0.05) is 22.0 Å². The lowest BCUT2D eigenvalue weighted by Crippen LogP contribution is -2.36. The summed E-state index contributed by atoms with van der Waals surface area (Å²) in [6, 6.07) is 8.07. The molecule has 0 saturated carbocycles. The summed E-state index contributed by atoms with van der Waals surface area (Å²) in [5, 5.41) is 0. The standard InChI is InChI=1S/C18H16Br2N4O3S2/c19-11-4-5-12(18(25)24-8-2-1-3-9-24)14(10-11)23-29(26,27)15-7-6-13(20)16-17(15)22-28-21-16/h4-7,10,23H,1-3,8-9H2. The molecule has 0 bridgehead atoms. The van der Waals surface area contributed by atoms with Gasteiger partial charge in [0.1, 0.15) is 15.9 Å². The Kier molecular flexibility index (Phi) is 5.92. The van der Waals surface area contributed by atoms with E-state index in [4.69, 9.17) is 0 Å². The molecule has 4 rings (SSSR count). The van der Waals surface area contributed by atoms with Crippen molar-refractivity contribution in [2.24, 2.45) is 0 Å². The van der Waals surface area contributed by atoms with Crippen molar-refractivity contribution in [3.63, 3.8) is 0 Å². The van der Waals surface area contributed by atoms with E-state index >= 15 is 0 Å². The Hall–Kier alpha value is -1.56. The van der Waals surface area contributed by atoms with Crippen LogP contribution in [0.15, 0.2) is 44.2 Å². The molecule has 0 radical (unpaired) electrons. The summed E-state index contributed by atoms with van der Waals surface area (Å²) in [5.74, 6) is -0.175. The number of carbonyl (C=O) groups excluding carboxylic acids is 1. The Balaban J connectivity index is 1.73. The Labute approximate surface area is 189 Å². The molecule has 1 aliphatic rings. The van der Waals surface area contributed by atoms with Crippen LogP contribution in [0.2, 0.25) is 0 Å². The van der Waals surface area contributed by atoms with Crippen LogP contribution >= 0.6 is 43.6 Å². The maximum absolute atomic E-state index is 13.2. The zero-order valence-corrected chi connectivity index (χ0v) is 19.9. The molecule has 1 aliphatic heterocycles. The van der Waals surface area contributed by atoms with E-state index in [1.807, 2.05) is 0 Å². The number of likely N-dealkylation sites (tertiary alicyclic amines) is 1. The second-order valence-corrected chi connectivity index (χ2v) is 10.6. The first kappa shape index (κ1) is 20.7. The number of nitrogens with one attached hydrogen (secondary N) is 1. The van der Waals surface area contributed by atoms with E-state index in [1.165, 1.54) is 6.07 Å². The first-order valence-electron chi connectivity index (χ1n) is 8.89. The minimum Gasteiger partial charge on any atom is -0.339 e. The van der Waals surface area contributed by atoms with E-state index in [0.717, 1.165) is 31.0 Å². The van der Waals surface area contributed by atoms with Gasteiger partial charge in [-0.25, -0.2) is 8.42 Å². The fourth-order valence-electron chi connectivity index (χ4n) is 3.28. The maximum Gasteiger partial charge on any atom is 0.264 e. The number of sulfonamides is 1. The van der Waals surface area contributed by atoms with Crippen molar-refractivity contribution in [2.45, 2.75) is 24.2 Å². The van der Waals surface area contributed by atoms with Gasteiger partial charge in [-0.1, -0.05) is 15.9 Å². The fraction of sp³-hybridized carbons (Fsp3) is 0.278. The number of fused-ring (bicyclic) bond motifs is 1. The predicted octanol–water partition coefficient (Wildman–Crippen LogP) is 4.64. The summed E-state index contributed by atoms with van der Waals surface area (Å²) in [4.78, 5) is 14.8. The van der Waals surface area contributed by atoms with Gasteiger partial charge in [-0.3, -0.25) is 9.52 Å². The van der Waals surface area contributed by atoms with Gasteiger partial charge in [0.05, 0.1) is 23.0 Å². The summed E-state index contributed by atoms with van der Waals surface area (Å²) in [6.45, 7) is 1.36. The van der Waals surface area contributed by atoms with Crippen molar-refractivity contribution in [3.8, 4) is 0 Å². The van der Waals surface area contributed by atoms with Crippen molar-refractivity contribution in [3.05, 3.63) is 44.8 Å². The van der Waals surface area contributed by atoms with Gasteiger partial charge in [0.2, 0.25) is 0 Å². The predicted molar refractivity (Wildman–Crippen MR) is 120 cm³/mol. The number of carbonyl (C=O) groups is 1. The molecule has 2 aromatic carbocycles. The molecule has 1 saturated heterocycles. The Morgan fingerprint density at radius 3 is 2.52 bits per heavy atom. The number of amides is 1. The van der Waals surface area contributed by atoms with Crippen molar-refractivity contribution in [1.82, 2.24) is 13.6 Å². The SMILES string of the molecule is O=C(c1ccc(Br)cc1NS(=O)(=O)c1ccc(Br)c2nsnc12)N1CCCCC1. The Morgan fingerprint density at radius 2 is 1.76 bits per heavy atom. The average molecular weight is 560 g/mol. The maximum atomic E-state index is 13.2. The average Bonchev–Trinajstić information content (AvgIpc) is 3.19. The molecule has 1 fully saturated rings. The number of anilines is 1. The lowest BCUT2D eigenvalue weighted by Gasteiger charge is -2.27. The molecule has 0 unspecified atom stereocenters. The molecule has 152 valence electrons. The molecule has 0 atom stereocenters. The summed E-state index contributed by atoms with van der Waals surface area (Å²) in [7, 11) is -3.99. The number of hydrogen-bond donors (Lipinski definition) is 1. The summed E-state index contributed by atoms with van der Waals surface area (Å²) >= 11 is 7.66. The van der Waals surface area contributed by atoms with Gasteiger partial charge in [-0.05, 0) is 65.5 Å². The zero-order valence-electron chi connectivity index (χ0n) is 15.1. The highest BCUT2D eigenvalue weighted by Gasteiger charge is 2.26. The lowest BCUT2D eigenvalue weighted by molar-refractivity contribution is 0.0725. The highest BCUT2D eigenvalue weighted by atomic mass is 79.9. The molecule has 3 aromatic rings. The summed E-state index contributed by atoms with van der Waals surface area (Å²) in [5.41, 5.74) is 1.32. The third-order valence-electron chi connectivity index (χ3n) is 4.72. The third-order valence-corrected chi connectivity index (χ3v) is 7.78. The highest BCUT2D eigenvalue weighted by molar-refractivity contribution is 9.11. The molecular weight excluding hydrogens is 544 g/mol. The van der Waals surface area contributed by atoms with Crippen LogP contribution in [0, 0.1) is 0 Å². The molecule has 29 heavy (non-hydrogen) atoms. The van der Waals surface area contributed by atoms with Crippen LogP contribution in [0.4, 0.5) is 5.69 Å². The van der Waals surface area contributed by atoms with Gasteiger partial charge in [-0.2, -0.15) is 8.75 Å². The molecule has 7 nitrogen and oxygen atoms in total. The quantitative estimate of drug-likeness (QED) is 0.502. The molecule has 11 heteroatoms. The summed E-state index contributed by atoms with van der Waals surface area (Å²) < 4.78 is 38.5. The van der Waals surface area contributed by atoms with Crippen molar-refractivity contribution < 1.29 is 13.2 Å². The second-order valence-electron chi connectivity index (χ2n) is 6.66. The lowest BCUT2D eigenvalue weighted by atomic mass is 10.1. The van der Waals surface area contributed by atoms with Crippen LogP contribution in [-0.2, 0) is 10.0 Å². The molecule has 0 spiro atoms. The Bertz CT molecular complexity index is 1190. The topological polar surface area (TPSA) is 92.3 Å². The second kappa shape index (κ2) is 8.29. The first-order valence-corrected chi connectivity index (χ1v) is 12.7. The van der Waals surface area contributed by atoms with Crippen LogP contribution < -0.4 is 4.72 Å². The summed E-state index contributed by atoms with van der Waals surface area (Å²) in [6.07, 6.45) is 3.01. The zero-order chi connectivity index (χ0) is 20.6. The first-order chi connectivity index (χ1) is 13.9. The third kappa shape index (κ3) is 4.18. The number of halogens is 2. The van der Waals surface area contributed by atoms with Crippen LogP contribution in [-0.4, -0.2) is 41.1 Å². The minimum atomic E-state index is -3.99. The molecule has 1 N–H and O–H groups in total. The van der Waals surface area contributed by atoms with E-state index < -0.39 is 10.0 Å². The Morgan fingerprint density at radius 1 is 1.03 bits per heavy atom. The van der Waals surface area contributed by atoms with Crippen molar-refractivity contribution in [1.29, 1.82) is 0 Å². The van der Waals surface area contributed by atoms with Crippen LogP contribution in [0.5, 0.6) is 0 Å². The van der Waals surface area contributed by atoms with E-state index in [2.05, 4.69) is 45.3 Å². The number of hydrogen-bond acceptors (Lipinski definition) is 6. The largest absolute Gasteiger partial charge is 0.339 e. The van der Waals surface area contributed by atoms with Gasteiger partial charge < -0.3 is 4.90 Å².